The van der Waals surface area contributed by atoms with Crippen molar-refractivity contribution in [3.05, 3.63) is 58.7 Å². The third-order valence-corrected chi connectivity index (χ3v) is 8.27. The topological polar surface area (TPSA) is 97.4 Å². The summed E-state index contributed by atoms with van der Waals surface area (Å²) in [5, 5.41) is 0. The molecule has 0 unspecified atom stereocenters. The molecule has 0 aliphatic carbocycles. The van der Waals surface area contributed by atoms with Crippen molar-refractivity contribution in [1.29, 1.82) is 0 Å². The molecule has 2 aromatic rings. The average molecular weight is 639 g/mol. The van der Waals surface area contributed by atoms with E-state index < -0.39 is 10.8 Å². The van der Waals surface area contributed by atoms with Crippen LogP contribution in [0.5, 0.6) is 17.2 Å². The Kier molecular flexibility index (Phi) is 12.7. The molecule has 0 radical (unpaired) electrons. The molecule has 0 N–H and O–H groups in total. The summed E-state index contributed by atoms with van der Waals surface area (Å²) < 4.78 is 28.4. The number of hydrogen-bond donors (Lipinski definition) is 0. The van der Waals surface area contributed by atoms with Crippen LogP contribution in [0.15, 0.2) is 36.4 Å². The largest absolute Gasteiger partial charge is 0.496 e. The number of allylic oxidation sites excluding steroid dienone is 1. The van der Waals surface area contributed by atoms with Crippen molar-refractivity contribution in [3.8, 4) is 17.2 Å². The zero-order valence-electron chi connectivity index (χ0n) is 30.1. The molecule has 0 fully saturated rings. The molecule has 0 atom stereocenters. The average Bonchev–Trinajstić information content (AvgIpc) is 2.98. The molecule has 0 saturated heterocycles. The van der Waals surface area contributed by atoms with Gasteiger partial charge in [0.15, 0.2) is 5.78 Å². The fourth-order valence-corrected chi connectivity index (χ4v) is 4.28. The van der Waals surface area contributed by atoms with Gasteiger partial charge in [0.2, 0.25) is 13.6 Å². The van der Waals surface area contributed by atoms with Gasteiger partial charge in [0.25, 0.3) is 0 Å². The molecule has 0 heterocycles. The maximum atomic E-state index is 13.4. The van der Waals surface area contributed by atoms with E-state index >= 15 is 0 Å². The van der Waals surface area contributed by atoms with E-state index in [1.807, 2.05) is 0 Å². The van der Waals surface area contributed by atoms with E-state index in [4.69, 9.17) is 23.7 Å². The van der Waals surface area contributed by atoms with Gasteiger partial charge < -0.3 is 23.7 Å². The molecular formula is C38H54O8. The summed E-state index contributed by atoms with van der Waals surface area (Å²) in [5.74, 6) is 0.564. The van der Waals surface area contributed by atoms with E-state index in [0.29, 0.717) is 28.4 Å². The van der Waals surface area contributed by atoms with Crippen LogP contribution in [0.2, 0.25) is 0 Å². The van der Waals surface area contributed by atoms with Crippen LogP contribution in [-0.4, -0.2) is 38.4 Å². The molecule has 8 nitrogen and oxygen atoms in total. The number of benzene rings is 2. The first-order chi connectivity index (χ1) is 21.2. The number of ketones is 1. The van der Waals surface area contributed by atoms with Crippen LogP contribution in [0.1, 0.15) is 123 Å². The molecule has 2 rings (SSSR count). The van der Waals surface area contributed by atoms with Crippen molar-refractivity contribution in [3.63, 3.8) is 0 Å². The van der Waals surface area contributed by atoms with Gasteiger partial charge in [-0.1, -0.05) is 41.5 Å². The van der Waals surface area contributed by atoms with Crippen LogP contribution in [0.3, 0.4) is 0 Å². The number of rotatable bonds is 14. The van der Waals surface area contributed by atoms with Crippen molar-refractivity contribution in [2.75, 3.05) is 20.7 Å². The van der Waals surface area contributed by atoms with E-state index in [0.717, 1.165) is 24.0 Å². The molecule has 46 heavy (non-hydrogen) atoms. The smallest absolute Gasteiger partial charge is 0.314 e. The second-order valence-electron chi connectivity index (χ2n) is 14.8. The Morgan fingerprint density at radius 1 is 0.674 bits per heavy atom. The minimum absolute atomic E-state index is 0.224. The van der Waals surface area contributed by atoms with E-state index in [1.54, 1.807) is 79.0 Å². The molecule has 0 aromatic heterocycles. The Hall–Kier alpha value is -3.81. The number of carbonyl (C=O) groups is 3. The second kappa shape index (κ2) is 15.2. The predicted octanol–water partition coefficient (Wildman–Crippen LogP) is 8.82. The Balaban J connectivity index is 2.54. The Labute approximate surface area is 275 Å². The minimum atomic E-state index is -0.686. The molecular weight excluding hydrogens is 584 g/mol. The fourth-order valence-electron chi connectivity index (χ4n) is 4.28. The van der Waals surface area contributed by atoms with Gasteiger partial charge in [-0.2, -0.15) is 0 Å². The third kappa shape index (κ3) is 9.84. The Morgan fingerprint density at radius 2 is 1.13 bits per heavy atom. The lowest BCUT2D eigenvalue weighted by molar-refractivity contribution is -0.160. The highest BCUT2D eigenvalue weighted by Gasteiger charge is 2.33. The first-order valence-electron chi connectivity index (χ1n) is 15.9. The summed E-state index contributed by atoms with van der Waals surface area (Å²) in [6.07, 6.45) is 4.86. The molecule has 254 valence electrons. The zero-order chi connectivity index (χ0) is 35.1. The number of carbonyl (C=O) groups excluding carboxylic acids is 3. The minimum Gasteiger partial charge on any atom is -0.496 e. The van der Waals surface area contributed by atoms with E-state index in [2.05, 4.69) is 47.6 Å². The van der Waals surface area contributed by atoms with Crippen LogP contribution in [0.4, 0.5) is 0 Å². The molecule has 0 aliphatic rings. The number of hydrogen-bond acceptors (Lipinski definition) is 8. The van der Waals surface area contributed by atoms with Gasteiger partial charge >= 0.3 is 11.9 Å². The Morgan fingerprint density at radius 3 is 1.57 bits per heavy atom. The molecule has 0 aliphatic heterocycles. The van der Waals surface area contributed by atoms with Crippen molar-refractivity contribution < 1.29 is 38.1 Å². The molecule has 0 amide bonds. The van der Waals surface area contributed by atoms with E-state index in [1.165, 1.54) is 6.08 Å². The van der Waals surface area contributed by atoms with E-state index in [9.17, 15) is 14.4 Å². The lowest BCUT2D eigenvalue weighted by atomic mass is 9.74. The third-order valence-electron chi connectivity index (χ3n) is 8.27. The normalized spacial score (nSPS) is 12.5. The standard InChI is InChI=1S/C38H54O8/c1-14-37(9,10)28-22-29(38(11,12)15-2)32(44-24-46-34(41)36(6,7)8)27(31(28)42-13)20-21-30(39)25-16-18-26(19-17-25)43-23-45-33(40)35(3,4)5/h16-22H,14-15,23-24H2,1-13H3/b21-20+. The van der Waals surface area contributed by atoms with Crippen molar-refractivity contribution >= 4 is 23.8 Å². The van der Waals surface area contributed by atoms with Gasteiger partial charge in [-0.3, -0.25) is 14.4 Å². The molecule has 2 aromatic carbocycles. The molecule has 0 spiro atoms. The lowest BCUT2D eigenvalue weighted by Gasteiger charge is -2.33. The van der Waals surface area contributed by atoms with Crippen molar-refractivity contribution in [1.82, 2.24) is 0 Å². The summed E-state index contributed by atoms with van der Waals surface area (Å²) in [6, 6.07) is 8.73. The zero-order valence-corrected chi connectivity index (χ0v) is 30.1. The second-order valence-corrected chi connectivity index (χ2v) is 14.8. The van der Waals surface area contributed by atoms with Gasteiger partial charge in [-0.05, 0) is 108 Å². The summed E-state index contributed by atoms with van der Waals surface area (Å²) in [4.78, 5) is 37.9. The maximum absolute atomic E-state index is 13.4. The van der Waals surface area contributed by atoms with Crippen LogP contribution in [0.25, 0.3) is 6.08 Å². The van der Waals surface area contributed by atoms with Gasteiger partial charge in [0, 0.05) is 16.7 Å². The number of esters is 2. The highest BCUT2D eigenvalue weighted by molar-refractivity contribution is 6.07. The summed E-state index contributed by atoms with van der Waals surface area (Å²) in [7, 11) is 1.61. The monoisotopic (exact) mass is 638 g/mol. The molecule has 0 bridgehead atoms. The van der Waals surface area contributed by atoms with Gasteiger partial charge in [0.1, 0.15) is 17.2 Å². The van der Waals surface area contributed by atoms with Crippen molar-refractivity contribution in [2.45, 2.75) is 107 Å². The number of methoxy groups -OCH3 is 1. The lowest BCUT2D eigenvalue weighted by Crippen LogP contribution is -2.26. The van der Waals surface area contributed by atoms with Gasteiger partial charge in [0.05, 0.1) is 23.5 Å². The van der Waals surface area contributed by atoms with Gasteiger partial charge in [-0.25, -0.2) is 0 Å². The predicted molar refractivity (Wildman–Crippen MR) is 182 cm³/mol. The highest BCUT2D eigenvalue weighted by Crippen LogP contribution is 2.47. The summed E-state index contributed by atoms with van der Waals surface area (Å²) >= 11 is 0. The fraction of sp³-hybridized carbons (Fsp3) is 0.553. The first-order valence-corrected chi connectivity index (χ1v) is 15.9. The quantitative estimate of drug-likeness (QED) is 0.0876. The van der Waals surface area contributed by atoms with Gasteiger partial charge in [-0.15, -0.1) is 0 Å². The SMILES string of the molecule is CCC(C)(C)c1cc(C(C)(C)CC)c(OCOC(=O)C(C)(C)C)c(/C=C/C(=O)c2ccc(OCOC(=O)C(C)(C)C)cc2)c1OC. The Bertz CT molecular complexity index is 1400. The summed E-state index contributed by atoms with van der Waals surface area (Å²) in [6.45, 7) is 23.0. The van der Waals surface area contributed by atoms with Crippen LogP contribution < -0.4 is 14.2 Å². The molecule has 8 heteroatoms. The summed E-state index contributed by atoms with van der Waals surface area (Å²) in [5.41, 5.74) is 1.09. The van der Waals surface area contributed by atoms with Crippen LogP contribution in [-0.2, 0) is 29.9 Å². The maximum Gasteiger partial charge on any atom is 0.314 e. The highest BCUT2D eigenvalue weighted by atomic mass is 16.7. The molecule has 0 saturated carbocycles. The number of ether oxygens (including phenoxy) is 5. The first kappa shape index (κ1) is 38.4. The van der Waals surface area contributed by atoms with E-state index in [-0.39, 0.29) is 42.1 Å². The van der Waals surface area contributed by atoms with Crippen LogP contribution in [0, 0.1) is 10.8 Å². The van der Waals surface area contributed by atoms with Crippen LogP contribution >= 0.6 is 0 Å². The van der Waals surface area contributed by atoms with Crippen molar-refractivity contribution in [2.24, 2.45) is 10.8 Å².